The first-order valence-corrected chi connectivity index (χ1v) is 9.58. The van der Waals surface area contributed by atoms with Crippen molar-refractivity contribution in [2.75, 3.05) is 32.6 Å². The predicted molar refractivity (Wildman–Crippen MR) is 101 cm³/mol. The largest absolute Gasteiger partial charge is 0.383 e. The molecule has 0 heterocycles. The molecule has 27 heavy (non-hydrogen) atoms. The van der Waals surface area contributed by atoms with Gasteiger partial charge in [0.25, 0.3) is 11.8 Å². The highest BCUT2D eigenvalue weighted by atomic mass is 32.2. The van der Waals surface area contributed by atoms with Crippen molar-refractivity contribution in [2.45, 2.75) is 4.90 Å². The maximum absolute atomic E-state index is 12.5. The number of carbonyl (C=O) groups is 2. The van der Waals surface area contributed by atoms with Crippen LogP contribution in [0.4, 0.5) is 5.69 Å². The smallest absolute Gasteiger partial charge is 0.255 e. The van der Waals surface area contributed by atoms with E-state index < -0.39 is 15.9 Å². The molecular weight excluding hydrogens is 370 g/mol. The van der Waals surface area contributed by atoms with E-state index in [4.69, 9.17) is 4.74 Å². The lowest BCUT2D eigenvalue weighted by atomic mass is 10.1. The van der Waals surface area contributed by atoms with Gasteiger partial charge in [-0.25, -0.2) is 13.1 Å². The van der Waals surface area contributed by atoms with E-state index in [2.05, 4.69) is 15.4 Å². The third-order valence-corrected chi connectivity index (χ3v) is 5.11. The molecule has 2 amide bonds. The number of benzene rings is 2. The van der Waals surface area contributed by atoms with E-state index in [9.17, 15) is 18.0 Å². The van der Waals surface area contributed by atoms with Crippen LogP contribution in [0, 0.1) is 0 Å². The van der Waals surface area contributed by atoms with Crippen LogP contribution in [0.25, 0.3) is 0 Å². The Morgan fingerprint density at radius 2 is 1.78 bits per heavy atom. The van der Waals surface area contributed by atoms with Crippen LogP contribution in [0.5, 0.6) is 0 Å². The van der Waals surface area contributed by atoms with Crippen LogP contribution < -0.4 is 15.4 Å². The summed E-state index contributed by atoms with van der Waals surface area (Å²) in [6, 6.07) is 12.2. The van der Waals surface area contributed by atoms with Gasteiger partial charge >= 0.3 is 0 Å². The van der Waals surface area contributed by atoms with E-state index in [0.717, 1.165) is 0 Å². The van der Waals surface area contributed by atoms with E-state index >= 15 is 0 Å². The molecule has 0 saturated heterocycles. The second-order valence-electron chi connectivity index (χ2n) is 5.50. The lowest BCUT2D eigenvalue weighted by molar-refractivity contribution is 0.0964. The van der Waals surface area contributed by atoms with Crippen LogP contribution >= 0.6 is 0 Å². The Balaban J connectivity index is 2.23. The average molecular weight is 391 g/mol. The highest BCUT2D eigenvalue weighted by molar-refractivity contribution is 7.89. The number of methoxy groups -OCH3 is 1. The van der Waals surface area contributed by atoms with Crippen LogP contribution in [0.15, 0.2) is 53.4 Å². The van der Waals surface area contributed by atoms with Gasteiger partial charge in [0, 0.05) is 26.3 Å². The number of ether oxygens (including phenoxy) is 1. The molecule has 9 heteroatoms. The van der Waals surface area contributed by atoms with Crippen molar-refractivity contribution in [3.63, 3.8) is 0 Å². The molecule has 0 aliphatic carbocycles. The molecule has 0 aliphatic heterocycles. The Labute approximate surface area is 158 Å². The van der Waals surface area contributed by atoms with E-state index in [1.807, 2.05) is 0 Å². The summed E-state index contributed by atoms with van der Waals surface area (Å²) in [6.07, 6.45) is 0. The molecule has 0 bridgehead atoms. The number of hydrogen-bond donors (Lipinski definition) is 3. The Kier molecular flexibility index (Phi) is 7.05. The van der Waals surface area contributed by atoms with Crippen LogP contribution in [0.3, 0.4) is 0 Å². The first-order valence-electron chi connectivity index (χ1n) is 8.10. The van der Waals surface area contributed by atoms with E-state index in [1.165, 1.54) is 38.4 Å². The molecule has 0 aromatic heterocycles. The second kappa shape index (κ2) is 9.26. The number of sulfonamides is 1. The molecule has 3 N–H and O–H groups in total. The summed E-state index contributed by atoms with van der Waals surface area (Å²) in [4.78, 5) is 24.4. The number of amides is 2. The summed E-state index contributed by atoms with van der Waals surface area (Å²) >= 11 is 0. The highest BCUT2D eigenvalue weighted by Crippen LogP contribution is 2.17. The molecule has 0 unspecified atom stereocenters. The first-order chi connectivity index (χ1) is 12.9. The SMILES string of the molecule is CNC(=O)c1ccccc1NC(=O)c1cccc(S(=O)(=O)NCCOC)c1. The number of hydrogen-bond acceptors (Lipinski definition) is 5. The van der Waals surface area contributed by atoms with Crippen LogP contribution in [-0.4, -0.2) is 47.5 Å². The van der Waals surface area contributed by atoms with Gasteiger partial charge in [-0.05, 0) is 30.3 Å². The molecule has 2 rings (SSSR count). The minimum absolute atomic E-state index is 0.0363. The fraction of sp³-hybridized carbons (Fsp3) is 0.222. The Hall–Kier alpha value is -2.75. The molecule has 0 saturated carbocycles. The van der Waals surface area contributed by atoms with Gasteiger partial charge in [-0.2, -0.15) is 0 Å². The van der Waals surface area contributed by atoms with Crippen molar-refractivity contribution in [1.82, 2.24) is 10.0 Å². The number of carbonyl (C=O) groups excluding carboxylic acids is 2. The summed E-state index contributed by atoms with van der Waals surface area (Å²) in [7, 11) is -0.801. The molecule has 0 fully saturated rings. The van der Waals surface area contributed by atoms with Gasteiger partial charge in [0.15, 0.2) is 0 Å². The highest BCUT2D eigenvalue weighted by Gasteiger charge is 2.17. The number of rotatable bonds is 8. The number of anilines is 1. The van der Waals surface area contributed by atoms with Gasteiger partial charge in [0.05, 0.1) is 22.8 Å². The summed E-state index contributed by atoms with van der Waals surface area (Å²) < 4.78 is 31.7. The third kappa shape index (κ3) is 5.36. The lowest BCUT2D eigenvalue weighted by Gasteiger charge is -2.11. The fourth-order valence-electron chi connectivity index (χ4n) is 2.29. The summed E-state index contributed by atoms with van der Waals surface area (Å²) in [5.74, 6) is -0.870. The molecule has 2 aromatic rings. The standard InChI is InChI=1S/C18H21N3O5S/c1-19-18(23)15-8-3-4-9-16(15)21-17(22)13-6-5-7-14(12-13)27(24,25)20-10-11-26-2/h3-9,12,20H,10-11H2,1-2H3,(H,19,23)(H,21,22). The van der Waals surface area contributed by atoms with Gasteiger partial charge in [-0.3, -0.25) is 9.59 Å². The van der Waals surface area contributed by atoms with Gasteiger partial charge in [0.1, 0.15) is 0 Å². The van der Waals surface area contributed by atoms with E-state index in [-0.39, 0.29) is 29.5 Å². The normalized spacial score (nSPS) is 11.0. The van der Waals surface area contributed by atoms with Crippen molar-refractivity contribution < 1.29 is 22.7 Å². The monoisotopic (exact) mass is 391 g/mol. The van der Waals surface area contributed by atoms with Gasteiger partial charge in [-0.1, -0.05) is 18.2 Å². The third-order valence-electron chi connectivity index (χ3n) is 3.65. The molecule has 144 valence electrons. The minimum atomic E-state index is -3.76. The van der Waals surface area contributed by atoms with Crippen molar-refractivity contribution in [2.24, 2.45) is 0 Å². The van der Waals surface area contributed by atoms with E-state index in [1.54, 1.807) is 24.3 Å². The lowest BCUT2D eigenvalue weighted by Crippen LogP contribution is -2.27. The first kappa shape index (κ1) is 20.6. The van der Waals surface area contributed by atoms with Gasteiger partial charge in [-0.15, -0.1) is 0 Å². The summed E-state index contributed by atoms with van der Waals surface area (Å²) in [5.41, 5.74) is 0.781. The van der Waals surface area contributed by atoms with Crippen molar-refractivity contribution in [3.05, 3.63) is 59.7 Å². The average Bonchev–Trinajstić information content (AvgIpc) is 2.68. The Morgan fingerprint density at radius 1 is 1.04 bits per heavy atom. The molecule has 0 spiro atoms. The number of para-hydroxylation sites is 1. The quantitative estimate of drug-likeness (QED) is 0.586. The topological polar surface area (TPSA) is 114 Å². The van der Waals surface area contributed by atoms with Crippen LogP contribution in [0.1, 0.15) is 20.7 Å². The van der Waals surface area contributed by atoms with E-state index in [0.29, 0.717) is 11.3 Å². The molecule has 0 atom stereocenters. The maximum atomic E-state index is 12.5. The van der Waals surface area contributed by atoms with Crippen LogP contribution in [0.2, 0.25) is 0 Å². The zero-order chi connectivity index (χ0) is 19.9. The molecule has 0 radical (unpaired) electrons. The van der Waals surface area contributed by atoms with Gasteiger partial charge in [0.2, 0.25) is 10.0 Å². The summed E-state index contributed by atoms with van der Waals surface area (Å²) in [6.45, 7) is 0.352. The minimum Gasteiger partial charge on any atom is -0.383 e. The Morgan fingerprint density at radius 3 is 2.48 bits per heavy atom. The maximum Gasteiger partial charge on any atom is 0.255 e. The molecular formula is C18H21N3O5S. The molecule has 8 nitrogen and oxygen atoms in total. The zero-order valence-corrected chi connectivity index (χ0v) is 15.8. The fourth-order valence-corrected chi connectivity index (χ4v) is 3.34. The number of nitrogens with one attached hydrogen (secondary N) is 3. The van der Waals surface area contributed by atoms with Crippen molar-refractivity contribution >= 4 is 27.5 Å². The van der Waals surface area contributed by atoms with Crippen molar-refractivity contribution in [1.29, 1.82) is 0 Å². The van der Waals surface area contributed by atoms with Crippen molar-refractivity contribution in [3.8, 4) is 0 Å². The van der Waals surface area contributed by atoms with Gasteiger partial charge < -0.3 is 15.4 Å². The molecule has 0 aliphatic rings. The second-order valence-corrected chi connectivity index (χ2v) is 7.26. The molecule has 2 aromatic carbocycles. The summed E-state index contributed by atoms with van der Waals surface area (Å²) in [5, 5.41) is 5.14. The Bertz CT molecular complexity index is 928. The zero-order valence-electron chi connectivity index (χ0n) is 15.0. The predicted octanol–water partition coefficient (Wildman–Crippen LogP) is 1.22. The van der Waals surface area contributed by atoms with Crippen LogP contribution in [-0.2, 0) is 14.8 Å².